The zero-order chi connectivity index (χ0) is 8.55. The predicted octanol–water partition coefficient (Wildman–Crippen LogP) is 2.78. The number of fused-ring (bicyclic) bond motifs is 1. The van der Waals surface area contributed by atoms with Gasteiger partial charge >= 0.3 is 0 Å². The topological polar surface area (TPSA) is 21.3 Å². The summed E-state index contributed by atoms with van der Waals surface area (Å²) in [6, 6.07) is 5.60. The number of rotatable bonds is 0. The molecule has 66 valence electrons. The van der Waals surface area contributed by atoms with Crippen LogP contribution in [0.3, 0.4) is 0 Å². The lowest BCUT2D eigenvalue weighted by Gasteiger charge is -2.24. The van der Waals surface area contributed by atoms with Crippen LogP contribution < -0.4 is 10.1 Å². The first kappa shape index (κ1) is 7.74. The number of nitrogens with one attached hydrogen (secondary N) is 1. The fourth-order valence-electron chi connectivity index (χ4n) is 1.26. The van der Waals surface area contributed by atoms with Crippen LogP contribution >= 0.6 is 11.6 Å². The van der Waals surface area contributed by atoms with Crippen LogP contribution in [0.15, 0.2) is 18.2 Å². The Balaban J connectivity index is 0.000000845. The summed E-state index contributed by atoms with van der Waals surface area (Å²) in [5.74, 6) is 0.887. The normalized spacial score (nSPS) is 20.7. The Morgan fingerprint density at radius 3 is 3.33 bits per heavy atom. The maximum absolute atomic E-state index is 5.82. The number of anilines is 1. The van der Waals surface area contributed by atoms with E-state index in [1.54, 1.807) is 0 Å². The van der Waals surface area contributed by atoms with Crippen LogP contribution in [0.25, 0.3) is 0 Å². The number of ether oxygens (including phenoxy) is 1. The first-order valence-corrected chi connectivity index (χ1v) is 4.33. The number of hydrogen-bond acceptors (Lipinski definition) is 2. The molecule has 0 bridgehead atoms. The van der Waals surface area contributed by atoms with Gasteiger partial charge in [-0.15, -0.1) is 0 Å². The van der Waals surface area contributed by atoms with Gasteiger partial charge in [-0.05, 0) is 25.1 Å². The quantitative estimate of drug-likeness (QED) is 0.671. The van der Waals surface area contributed by atoms with Gasteiger partial charge in [0.2, 0.25) is 0 Å². The molecule has 0 saturated carbocycles. The van der Waals surface area contributed by atoms with Crippen molar-refractivity contribution in [2.24, 2.45) is 0 Å². The van der Waals surface area contributed by atoms with Crippen molar-refractivity contribution in [3.8, 4) is 5.75 Å². The van der Waals surface area contributed by atoms with Crippen molar-refractivity contribution < 1.29 is 6.16 Å². The molecule has 0 amide bonds. The Labute approximate surface area is 78.0 Å². The van der Waals surface area contributed by atoms with Gasteiger partial charge in [0.1, 0.15) is 11.9 Å². The summed E-state index contributed by atoms with van der Waals surface area (Å²) in [4.78, 5) is 0. The highest BCUT2D eigenvalue weighted by Gasteiger charge is 2.14. The predicted molar refractivity (Wildman–Crippen MR) is 52.1 cm³/mol. The van der Waals surface area contributed by atoms with Crippen LogP contribution in [-0.2, 0) is 0 Å². The van der Waals surface area contributed by atoms with Crippen molar-refractivity contribution in [3.63, 3.8) is 0 Å². The molecular weight excluding hydrogens is 174 g/mol. The second kappa shape index (κ2) is 2.87. The molecule has 0 saturated heterocycles. The summed E-state index contributed by atoms with van der Waals surface area (Å²) in [5.41, 5.74) is 0.987. The molecule has 1 N–H and O–H groups in total. The minimum absolute atomic E-state index is 0. The van der Waals surface area contributed by atoms with E-state index in [4.69, 9.17) is 16.3 Å². The molecule has 1 aliphatic heterocycles. The minimum Gasteiger partial charge on any atom is -0.487 e. The van der Waals surface area contributed by atoms with Crippen LogP contribution in [0, 0.1) is 0 Å². The Kier molecular flexibility index (Phi) is 1.85. The summed E-state index contributed by atoms with van der Waals surface area (Å²) in [6.07, 6.45) is 0.235. The average molecular weight is 186 g/mol. The number of halogens is 1. The lowest BCUT2D eigenvalue weighted by atomic mass is 10.2. The van der Waals surface area contributed by atoms with E-state index in [0.29, 0.717) is 0 Å². The number of benzene rings is 1. The van der Waals surface area contributed by atoms with Crippen LogP contribution in [0.1, 0.15) is 8.35 Å². The van der Waals surface area contributed by atoms with Gasteiger partial charge < -0.3 is 10.1 Å². The Hall–Kier alpha value is -0.890. The maximum atomic E-state index is 5.82. The molecule has 1 aromatic rings. The maximum Gasteiger partial charge on any atom is 0.142 e. The summed E-state index contributed by atoms with van der Waals surface area (Å²) in [7, 11) is 0. The second-order valence-electron chi connectivity index (χ2n) is 2.95. The molecule has 0 fully saturated rings. The van der Waals surface area contributed by atoms with Crippen LogP contribution in [0.4, 0.5) is 5.69 Å². The molecule has 0 spiro atoms. The fourth-order valence-corrected chi connectivity index (χ4v) is 1.43. The van der Waals surface area contributed by atoms with Crippen molar-refractivity contribution in [1.29, 1.82) is 0 Å². The van der Waals surface area contributed by atoms with E-state index >= 15 is 0 Å². The molecule has 1 heterocycles. The second-order valence-corrected chi connectivity index (χ2v) is 3.39. The van der Waals surface area contributed by atoms with E-state index in [2.05, 4.69) is 5.32 Å². The van der Waals surface area contributed by atoms with Gasteiger partial charge in [0.15, 0.2) is 0 Å². The smallest absolute Gasteiger partial charge is 0.142 e. The largest absolute Gasteiger partial charge is 0.487 e. The molecule has 0 aliphatic carbocycles. The molecule has 1 atom stereocenters. The molecule has 12 heavy (non-hydrogen) atoms. The third-order valence-corrected chi connectivity index (χ3v) is 2.08. The van der Waals surface area contributed by atoms with Gasteiger partial charge in [-0.1, -0.05) is 11.6 Å². The van der Waals surface area contributed by atoms with Crippen molar-refractivity contribution in [2.75, 3.05) is 11.9 Å². The van der Waals surface area contributed by atoms with Crippen molar-refractivity contribution in [1.82, 2.24) is 0 Å². The Bertz CT molecular complexity index is 306. The number of hydrogen-bond donors (Lipinski definition) is 1. The van der Waals surface area contributed by atoms with Gasteiger partial charge in [0.05, 0.1) is 12.2 Å². The zero-order valence-electron chi connectivity index (χ0n) is 6.80. The van der Waals surface area contributed by atoms with E-state index in [1.807, 2.05) is 25.1 Å². The SMILES string of the molecule is C[C@H]1CNc2cc(Cl)ccc2O1.[HH]. The zero-order valence-corrected chi connectivity index (χ0v) is 7.56. The van der Waals surface area contributed by atoms with Gasteiger partial charge in [-0.2, -0.15) is 0 Å². The molecule has 0 unspecified atom stereocenters. The van der Waals surface area contributed by atoms with Gasteiger partial charge in [-0.25, -0.2) is 0 Å². The molecule has 2 rings (SSSR count). The van der Waals surface area contributed by atoms with Gasteiger partial charge in [0.25, 0.3) is 0 Å². The first-order chi connectivity index (χ1) is 5.75. The van der Waals surface area contributed by atoms with E-state index < -0.39 is 0 Å². The highest BCUT2D eigenvalue weighted by Crippen LogP contribution is 2.31. The summed E-state index contributed by atoms with van der Waals surface area (Å²) < 4.78 is 5.57. The van der Waals surface area contributed by atoms with Gasteiger partial charge in [-0.3, -0.25) is 0 Å². The molecule has 1 aromatic carbocycles. The molecule has 3 heteroatoms. The summed E-state index contributed by atoms with van der Waals surface area (Å²) in [6.45, 7) is 2.87. The summed E-state index contributed by atoms with van der Waals surface area (Å²) in [5, 5.41) is 3.98. The third kappa shape index (κ3) is 1.34. The van der Waals surface area contributed by atoms with E-state index in [-0.39, 0.29) is 7.53 Å². The molecule has 0 aromatic heterocycles. The van der Waals surface area contributed by atoms with E-state index in [0.717, 1.165) is 23.0 Å². The van der Waals surface area contributed by atoms with Crippen molar-refractivity contribution >= 4 is 17.3 Å². The van der Waals surface area contributed by atoms with Crippen LogP contribution in [-0.4, -0.2) is 12.6 Å². The Morgan fingerprint density at radius 2 is 2.50 bits per heavy atom. The highest BCUT2D eigenvalue weighted by atomic mass is 35.5. The average Bonchev–Trinajstić information content (AvgIpc) is 2.05. The monoisotopic (exact) mass is 185 g/mol. The molecule has 1 aliphatic rings. The van der Waals surface area contributed by atoms with Crippen molar-refractivity contribution in [3.05, 3.63) is 23.2 Å². The minimum atomic E-state index is 0. The molecule has 0 radical (unpaired) electrons. The van der Waals surface area contributed by atoms with E-state index in [9.17, 15) is 0 Å². The first-order valence-electron chi connectivity index (χ1n) is 3.96. The van der Waals surface area contributed by atoms with E-state index in [1.165, 1.54) is 0 Å². The third-order valence-electron chi connectivity index (χ3n) is 1.85. The standard InChI is InChI=1S/C9H10ClNO.H2/c1-6-5-11-8-4-7(10)2-3-9(8)12-6;/h2-4,6,11H,5H2,1H3;1H/t6-;/m0./s1. The fraction of sp³-hybridized carbons (Fsp3) is 0.333. The summed E-state index contributed by atoms with van der Waals surface area (Å²) >= 11 is 5.82. The lowest BCUT2D eigenvalue weighted by molar-refractivity contribution is 0.226. The van der Waals surface area contributed by atoms with Crippen LogP contribution in [0.5, 0.6) is 5.75 Å². The molecular formula is C9H12ClNO. The van der Waals surface area contributed by atoms with Gasteiger partial charge in [0, 0.05) is 6.45 Å². The van der Waals surface area contributed by atoms with Crippen molar-refractivity contribution in [2.45, 2.75) is 13.0 Å². The highest BCUT2D eigenvalue weighted by molar-refractivity contribution is 6.30. The lowest BCUT2D eigenvalue weighted by Crippen LogP contribution is -2.27. The molecule has 2 nitrogen and oxygen atoms in total. The Morgan fingerprint density at radius 1 is 1.67 bits per heavy atom. The van der Waals surface area contributed by atoms with Crippen LogP contribution in [0.2, 0.25) is 5.02 Å².